The second kappa shape index (κ2) is 54.0. The Kier molecular flexibility index (Phi) is 52.5. The van der Waals surface area contributed by atoms with Gasteiger partial charge >= 0.3 is 5.97 Å². The van der Waals surface area contributed by atoms with Crippen LogP contribution in [0.1, 0.15) is 310 Å². The molecular formula is C60H113NO5. The van der Waals surface area contributed by atoms with Gasteiger partial charge in [0.2, 0.25) is 5.91 Å². The third-order valence-corrected chi connectivity index (χ3v) is 13.5. The van der Waals surface area contributed by atoms with Crippen molar-refractivity contribution >= 4 is 11.9 Å². The van der Waals surface area contributed by atoms with Gasteiger partial charge in [-0.3, -0.25) is 9.59 Å². The Morgan fingerprint density at radius 3 is 1.24 bits per heavy atom. The van der Waals surface area contributed by atoms with Crippen molar-refractivity contribution in [3.63, 3.8) is 0 Å². The number of amides is 1. The van der Waals surface area contributed by atoms with Gasteiger partial charge in [0.1, 0.15) is 6.10 Å². The lowest BCUT2D eigenvalue weighted by atomic mass is 10.0. The van der Waals surface area contributed by atoms with Gasteiger partial charge in [-0.25, -0.2) is 0 Å². The van der Waals surface area contributed by atoms with E-state index < -0.39 is 18.2 Å². The Labute approximate surface area is 411 Å². The predicted octanol–water partition coefficient (Wildman–Crippen LogP) is 18.0. The smallest absolute Gasteiger partial charge is 0.306 e. The zero-order chi connectivity index (χ0) is 48.1. The highest BCUT2D eigenvalue weighted by Crippen LogP contribution is 2.19. The molecule has 6 nitrogen and oxygen atoms in total. The summed E-state index contributed by atoms with van der Waals surface area (Å²) >= 11 is 0. The third-order valence-electron chi connectivity index (χ3n) is 13.5. The molecule has 0 aliphatic heterocycles. The van der Waals surface area contributed by atoms with Gasteiger partial charge < -0.3 is 20.3 Å². The van der Waals surface area contributed by atoms with Crippen LogP contribution in [0.15, 0.2) is 36.5 Å². The highest BCUT2D eigenvalue weighted by Gasteiger charge is 2.24. The van der Waals surface area contributed by atoms with Crippen molar-refractivity contribution in [3.05, 3.63) is 36.5 Å². The van der Waals surface area contributed by atoms with Crippen LogP contribution >= 0.6 is 0 Å². The first-order chi connectivity index (χ1) is 32.5. The summed E-state index contributed by atoms with van der Waals surface area (Å²) in [7, 11) is 0. The van der Waals surface area contributed by atoms with Crippen LogP contribution in [0.2, 0.25) is 0 Å². The van der Waals surface area contributed by atoms with Crippen LogP contribution in [0.25, 0.3) is 0 Å². The van der Waals surface area contributed by atoms with Gasteiger partial charge in [-0.05, 0) is 57.8 Å². The summed E-state index contributed by atoms with van der Waals surface area (Å²) < 4.78 is 5.96. The van der Waals surface area contributed by atoms with Crippen LogP contribution in [-0.4, -0.2) is 46.9 Å². The number of aliphatic hydroxyl groups is 2. The normalized spacial score (nSPS) is 13.3. The Morgan fingerprint density at radius 2 is 0.818 bits per heavy atom. The fraction of sp³-hybridized carbons (Fsp3) is 0.867. The molecule has 0 aromatic heterocycles. The standard InChI is InChI=1S/C60H113NO5/c1-4-7-10-13-16-19-22-25-28-30-32-35-38-41-44-47-50-53-60(65)66-56(51-48-45-42-39-36-33-27-24-21-18-15-12-9-6-3)54-59(64)61-57(55-62)58(63)52-49-46-43-40-37-34-31-29-26-23-20-17-14-11-8-5-2/h9,12,18,21,27,33,56-58,62-63H,4-8,10-11,13-17,19-20,22-26,28-32,34-55H2,1-3H3,(H,61,64)/b12-9+,21-18+,33-27+. The summed E-state index contributed by atoms with van der Waals surface area (Å²) in [6, 6.07) is -0.707. The molecule has 0 aliphatic rings. The number of rotatable bonds is 53. The van der Waals surface area contributed by atoms with E-state index in [2.05, 4.69) is 62.5 Å². The van der Waals surface area contributed by atoms with Gasteiger partial charge in [0.05, 0.1) is 25.2 Å². The van der Waals surface area contributed by atoms with Gasteiger partial charge in [-0.15, -0.1) is 0 Å². The number of unbranched alkanes of at least 4 members (excludes halogenated alkanes) is 35. The van der Waals surface area contributed by atoms with E-state index in [1.165, 1.54) is 180 Å². The zero-order valence-electron chi connectivity index (χ0n) is 44.3. The van der Waals surface area contributed by atoms with Crippen LogP contribution in [0.3, 0.4) is 0 Å². The van der Waals surface area contributed by atoms with E-state index in [1.807, 2.05) is 0 Å². The third kappa shape index (κ3) is 48.5. The van der Waals surface area contributed by atoms with Crippen molar-refractivity contribution in [1.82, 2.24) is 5.32 Å². The minimum Gasteiger partial charge on any atom is -0.462 e. The van der Waals surface area contributed by atoms with Crippen LogP contribution in [0.5, 0.6) is 0 Å². The molecule has 6 heteroatoms. The molecule has 3 unspecified atom stereocenters. The molecule has 66 heavy (non-hydrogen) atoms. The van der Waals surface area contributed by atoms with Crippen LogP contribution < -0.4 is 5.32 Å². The minimum atomic E-state index is -0.792. The maximum Gasteiger partial charge on any atom is 0.306 e. The highest BCUT2D eigenvalue weighted by molar-refractivity contribution is 5.77. The molecule has 3 atom stereocenters. The number of carbonyl (C=O) groups is 2. The molecule has 0 heterocycles. The number of hydrogen-bond acceptors (Lipinski definition) is 5. The molecule has 3 N–H and O–H groups in total. The summed E-state index contributed by atoms with van der Waals surface area (Å²) in [4.78, 5) is 26.3. The molecule has 1 amide bonds. The molecular weight excluding hydrogens is 815 g/mol. The minimum absolute atomic E-state index is 0.0670. The van der Waals surface area contributed by atoms with Crippen LogP contribution in [-0.2, 0) is 14.3 Å². The SMILES string of the molecule is CC/C=C/C/C=C/C/C=C/CCCCCCC(CC(=O)NC(CO)C(O)CCCCCCCCCCCCCCCCCC)OC(=O)CCCCCCCCCCCCCCCCCCC. The van der Waals surface area contributed by atoms with E-state index in [9.17, 15) is 19.8 Å². The maximum atomic E-state index is 13.3. The molecule has 0 aromatic rings. The molecule has 0 bridgehead atoms. The fourth-order valence-electron chi connectivity index (χ4n) is 9.09. The maximum absolute atomic E-state index is 13.3. The average molecular weight is 929 g/mol. The second-order valence-electron chi connectivity index (χ2n) is 20.0. The molecule has 0 saturated heterocycles. The molecule has 0 aliphatic carbocycles. The number of nitrogens with one attached hydrogen (secondary N) is 1. The van der Waals surface area contributed by atoms with E-state index in [0.717, 1.165) is 83.5 Å². The number of allylic oxidation sites excluding steroid dienone is 6. The van der Waals surface area contributed by atoms with E-state index >= 15 is 0 Å². The molecule has 0 radical (unpaired) electrons. The summed E-state index contributed by atoms with van der Waals surface area (Å²) in [6.07, 6.45) is 65.0. The Morgan fingerprint density at radius 1 is 0.455 bits per heavy atom. The molecule has 0 spiro atoms. The number of hydrogen-bond donors (Lipinski definition) is 3. The summed E-state index contributed by atoms with van der Waals surface area (Å²) in [5.41, 5.74) is 0. The number of carbonyl (C=O) groups excluding carboxylic acids is 2. The monoisotopic (exact) mass is 928 g/mol. The van der Waals surface area contributed by atoms with Gasteiger partial charge in [-0.1, -0.05) is 276 Å². The highest BCUT2D eigenvalue weighted by atomic mass is 16.5. The number of aliphatic hydroxyl groups excluding tert-OH is 2. The predicted molar refractivity (Wildman–Crippen MR) is 287 cm³/mol. The average Bonchev–Trinajstić information content (AvgIpc) is 3.31. The van der Waals surface area contributed by atoms with Crippen molar-refractivity contribution in [3.8, 4) is 0 Å². The quantitative estimate of drug-likeness (QED) is 0.0321. The van der Waals surface area contributed by atoms with Crippen LogP contribution in [0, 0.1) is 0 Å². The Bertz CT molecular complexity index is 1090. The first-order valence-electron chi connectivity index (χ1n) is 29.2. The molecule has 0 aromatic carbocycles. The van der Waals surface area contributed by atoms with Gasteiger partial charge in [-0.2, -0.15) is 0 Å². The molecule has 0 rings (SSSR count). The van der Waals surface area contributed by atoms with Crippen molar-refractivity contribution in [1.29, 1.82) is 0 Å². The van der Waals surface area contributed by atoms with Crippen LogP contribution in [0.4, 0.5) is 0 Å². The summed E-state index contributed by atoms with van der Waals surface area (Å²) in [5.74, 6) is -0.479. The first-order valence-corrected chi connectivity index (χ1v) is 29.2. The largest absolute Gasteiger partial charge is 0.462 e. The van der Waals surface area contributed by atoms with Gasteiger partial charge in [0.15, 0.2) is 0 Å². The first kappa shape index (κ1) is 64.1. The number of ether oxygens (including phenoxy) is 1. The Balaban J connectivity index is 4.51. The van der Waals surface area contributed by atoms with E-state index in [4.69, 9.17) is 4.74 Å². The van der Waals surface area contributed by atoms with E-state index in [-0.39, 0.29) is 24.9 Å². The summed E-state index contributed by atoms with van der Waals surface area (Å²) in [5, 5.41) is 23.9. The Hall–Kier alpha value is -1.92. The summed E-state index contributed by atoms with van der Waals surface area (Å²) in [6.45, 7) is 6.41. The topological polar surface area (TPSA) is 95.9 Å². The van der Waals surface area contributed by atoms with Gasteiger partial charge in [0.25, 0.3) is 0 Å². The molecule has 0 saturated carbocycles. The van der Waals surface area contributed by atoms with Gasteiger partial charge in [0, 0.05) is 6.42 Å². The van der Waals surface area contributed by atoms with Crippen molar-refractivity contribution in [2.45, 2.75) is 328 Å². The van der Waals surface area contributed by atoms with E-state index in [0.29, 0.717) is 19.3 Å². The fourth-order valence-corrected chi connectivity index (χ4v) is 9.09. The van der Waals surface area contributed by atoms with Crippen molar-refractivity contribution < 1.29 is 24.5 Å². The van der Waals surface area contributed by atoms with Crippen molar-refractivity contribution in [2.75, 3.05) is 6.61 Å². The number of esters is 1. The lowest BCUT2D eigenvalue weighted by molar-refractivity contribution is -0.151. The van der Waals surface area contributed by atoms with Crippen molar-refractivity contribution in [2.24, 2.45) is 0 Å². The lowest BCUT2D eigenvalue weighted by Crippen LogP contribution is -2.46. The zero-order valence-corrected chi connectivity index (χ0v) is 44.3. The molecule has 388 valence electrons. The van der Waals surface area contributed by atoms with E-state index in [1.54, 1.807) is 0 Å². The second-order valence-corrected chi connectivity index (χ2v) is 20.0. The lowest BCUT2D eigenvalue weighted by Gasteiger charge is -2.24. The molecule has 0 fully saturated rings.